The predicted molar refractivity (Wildman–Crippen MR) is 63.6 cm³/mol. The van der Waals surface area contributed by atoms with E-state index in [1.807, 2.05) is 13.0 Å². The summed E-state index contributed by atoms with van der Waals surface area (Å²) in [5, 5.41) is 14.1. The number of hydrogen-bond acceptors (Lipinski definition) is 3. The lowest BCUT2D eigenvalue weighted by molar-refractivity contribution is -0.384. The Hall–Kier alpha value is -1.58. The first kappa shape index (κ1) is 10.9. The van der Waals surface area contributed by atoms with Crippen LogP contribution in [-0.2, 0) is 0 Å². The molecule has 0 amide bonds. The lowest BCUT2D eigenvalue weighted by atomic mass is 10.1. The van der Waals surface area contributed by atoms with Gasteiger partial charge in [0.1, 0.15) is 5.69 Å². The molecule has 1 fully saturated rings. The van der Waals surface area contributed by atoms with Crippen LogP contribution in [0, 0.1) is 23.0 Å². The van der Waals surface area contributed by atoms with E-state index < -0.39 is 0 Å². The van der Waals surface area contributed by atoms with Gasteiger partial charge in [-0.15, -0.1) is 0 Å². The van der Waals surface area contributed by atoms with Crippen molar-refractivity contribution in [3.05, 3.63) is 33.9 Å². The topological polar surface area (TPSA) is 55.2 Å². The van der Waals surface area contributed by atoms with Crippen molar-refractivity contribution in [3.63, 3.8) is 0 Å². The second-order valence-electron chi connectivity index (χ2n) is 4.55. The summed E-state index contributed by atoms with van der Waals surface area (Å²) in [7, 11) is 0. The molecular weight excluding hydrogens is 204 g/mol. The lowest BCUT2D eigenvalue weighted by Crippen LogP contribution is -2.18. The minimum atomic E-state index is -0.332. The molecule has 86 valence electrons. The molecule has 4 heteroatoms. The van der Waals surface area contributed by atoms with Gasteiger partial charge in [0.25, 0.3) is 5.69 Å². The highest BCUT2D eigenvalue weighted by Crippen LogP contribution is 2.35. The van der Waals surface area contributed by atoms with Crippen molar-refractivity contribution in [2.45, 2.75) is 32.7 Å². The van der Waals surface area contributed by atoms with Gasteiger partial charge in [0, 0.05) is 12.1 Å². The largest absolute Gasteiger partial charge is 0.377 e. The Balaban J connectivity index is 2.22. The van der Waals surface area contributed by atoms with Crippen molar-refractivity contribution in [1.82, 2.24) is 0 Å². The van der Waals surface area contributed by atoms with Crippen LogP contribution in [0.3, 0.4) is 0 Å². The molecule has 1 saturated carbocycles. The van der Waals surface area contributed by atoms with E-state index in [9.17, 15) is 10.1 Å². The quantitative estimate of drug-likeness (QED) is 0.626. The third kappa shape index (κ3) is 2.32. The van der Waals surface area contributed by atoms with Crippen LogP contribution >= 0.6 is 0 Å². The zero-order valence-electron chi connectivity index (χ0n) is 9.56. The van der Waals surface area contributed by atoms with Crippen molar-refractivity contribution < 1.29 is 4.92 Å². The van der Waals surface area contributed by atoms with Gasteiger partial charge in [-0.1, -0.05) is 6.07 Å². The molecule has 1 atom stereocenters. The fourth-order valence-corrected chi connectivity index (χ4v) is 1.88. The van der Waals surface area contributed by atoms with Crippen molar-refractivity contribution in [3.8, 4) is 0 Å². The minimum absolute atomic E-state index is 0.165. The molecular formula is C12H16N2O2. The summed E-state index contributed by atoms with van der Waals surface area (Å²) in [6, 6.07) is 5.50. The zero-order valence-corrected chi connectivity index (χ0v) is 9.56. The second kappa shape index (κ2) is 4.12. The highest BCUT2D eigenvalue weighted by atomic mass is 16.6. The van der Waals surface area contributed by atoms with Crippen molar-refractivity contribution in [2.24, 2.45) is 5.92 Å². The summed E-state index contributed by atoms with van der Waals surface area (Å²) in [6.45, 7) is 4.03. The number of benzene rings is 1. The molecule has 16 heavy (non-hydrogen) atoms. The highest BCUT2D eigenvalue weighted by molar-refractivity contribution is 5.63. The molecule has 1 N–H and O–H groups in total. The highest BCUT2D eigenvalue weighted by Gasteiger charge is 2.29. The van der Waals surface area contributed by atoms with Crippen LogP contribution in [-0.4, -0.2) is 11.0 Å². The van der Waals surface area contributed by atoms with Crippen LogP contribution in [0.2, 0.25) is 0 Å². The van der Waals surface area contributed by atoms with Gasteiger partial charge in [0.2, 0.25) is 0 Å². The van der Waals surface area contributed by atoms with E-state index in [1.54, 1.807) is 12.1 Å². The summed E-state index contributed by atoms with van der Waals surface area (Å²) in [6.07, 6.45) is 2.46. The molecule has 0 aromatic heterocycles. The maximum atomic E-state index is 10.9. The molecule has 4 nitrogen and oxygen atoms in total. The van der Waals surface area contributed by atoms with Crippen LogP contribution < -0.4 is 5.32 Å². The summed E-state index contributed by atoms with van der Waals surface area (Å²) in [5.41, 5.74) is 1.85. The Morgan fingerprint density at radius 1 is 1.50 bits per heavy atom. The number of aryl methyl sites for hydroxylation is 1. The van der Waals surface area contributed by atoms with E-state index in [0.29, 0.717) is 17.6 Å². The molecule has 1 aliphatic rings. The van der Waals surface area contributed by atoms with Gasteiger partial charge in [-0.25, -0.2) is 0 Å². The number of nitrogens with one attached hydrogen (secondary N) is 1. The van der Waals surface area contributed by atoms with Gasteiger partial charge in [-0.3, -0.25) is 10.1 Å². The van der Waals surface area contributed by atoms with E-state index in [-0.39, 0.29) is 10.6 Å². The SMILES string of the molecule is Cc1ccc([N+](=O)[O-])c(NC(C)C2CC2)c1. The number of rotatable bonds is 4. The van der Waals surface area contributed by atoms with Gasteiger partial charge in [0.15, 0.2) is 0 Å². The molecule has 0 spiro atoms. The smallest absolute Gasteiger partial charge is 0.292 e. The molecule has 1 aromatic carbocycles. The normalized spacial score (nSPS) is 16.9. The number of hydrogen-bond donors (Lipinski definition) is 1. The Morgan fingerprint density at radius 3 is 2.75 bits per heavy atom. The monoisotopic (exact) mass is 220 g/mol. The van der Waals surface area contributed by atoms with E-state index >= 15 is 0 Å². The van der Waals surface area contributed by atoms with Gasteiger partial charge in [-0.2, -0.15) is 0 Å². The van der Waals surface area contributed by atoms with Gasteiger partial charge < -0.3 is 5.32 Å². The van der Waals surface area contributed by atoms with E-state index in [4.69, 9.17) is 0 Å². The molecule has 0 saturated heterocycles. The van der Waals surface area contributed by atoms with Gasteiger partial charge in [0.05, 0.1) is 4.92 Å². The molecule has 1 aromatic rings. The maximum absolute atomic E-state index is 10.9. The number of nitro benzene ring substituents is 1. The van der Waals surface area contributed by atoms with Crippen LogP contribution in [0.15, 0.2) is 18.2 Å². The number of anilines is 1. The third-order valence-electron chi connectivity index (χ3n) is 3.06. The standard InChI is InChI=1S/C12H16N2O2/c1-8-3-6-12(14(15)16)11(7-8)13-9(2)10-4-5-10/h3,6-7,9-10,13H,4-5H2,1-2H3. The summed E-state index contributed by atoms with van der Waals surface area (Å²) >= 11 is 0. The van der Waals surface area contributed by atoms with Crippen molar-refractivity contribution in [2.75, 3.05) is 5.32 Å². The van der Waals surface area contributed by atoms with Crippen LogP contribution in [0.1, 0.15) is 25.3 Å². The predicted octanol–water partition coefficient (Wildman–Crippen LogP) is 3.11. The molecule has 0 radical (unpaired) electrons. The average molecular weight is 220 g/mol. The van der Waals surface area contributed by atoms with Gasteiger partial charge >= 0.3 is 0 Å². The van der Waals surface area contributed by atoms with E-state index in [0.717, 1.165) is 5.56 Å². The molecule has 1 aliphatic carbocycles. The van der Waals surface area contributed by atoms with Crippen LogP contribution in [0.5, 0.6) is 0 Å². The van der Waals surface area contributed by atoms with E-state index in [1.165, 1.54) is 12.8 Å². The Kier molecular flexibility index (Phi) is 2.81. The summed E-state index contributed by atoms with van der Waals surface area (Å²) in [5.74, 6) is 0.681. The van der Waals surface area contributed by atoms with Crippen LogP contribution in [0.4, 0.5) is 11.4 Å². The number of nitro groups is 1. The Bertz CT molecular complexity index is 413. The minimum Gasteiger partial charge on any atom is -0.377 e. The summed E-state index contributed by atoms with van der Waals surface area (Å²) < 4.78 is 0. The number of nitrogens with zero attached hydrogens (tertiary/aromatic N) is 1. The first-order valence-corrected chi connectivity index (χ1v) is 5.59. The van der Waals surface area contributed by atoms with Gasteiger partial charge in [-0.05, 0) is 44.2 Å². The molecule has 0 bridgehead atoms. The first-order valence-electron chi connectivity index (χ1n) is 5.59. The Labute approximate surface area is 94.8 Å². The Morgan fingerprint density at radius 2 is 2.19 bits per heavy atom. The van der Waals surface area contributed by atoms with E-state index in [2.05, 4.69) is 12.2 Å². The lowest BCUT2D eigenvalue weighted by Gasteiger charge is -2.14. The third-order valence-corrected chi connectivity index (χ3v) is 3.06. The fraction of sp³-hybridized carbons (Fsp3) is 0.500. The molecule has 1 unspecified atom stereocenters. The second-order valence-corrected chi connectivity index (χ2v) is 4.55. The summed E-state index contributed by atoms with van der Waals surface area (Å²) in [4.78, 5) is 10.5. The maximum Gasteiger partial charge on any atom is 0.292 e. The zero-order chi connectivity index (χ0) is 11.7. The molecule has 2 rings (SSSR count). The molecule has 0 heterocycles. The fourth-order valence-electron chi connectivity index (χ4n) is 1.88. The average Bonchev–Trinajstić information content (AvgIpc) is 2.99. The van der Waals surface area contributed by atoms with Crippen LogP contribution in [0.25, 0.3) is 0 Å². The van der Waals surface area contributed by atoms with Crippen molar-refractivity contribution in [1.29, 1.82) is 0 Å². The molecule has 0 aliphatic heterocycles. The van der Waals surface area contributed by atoms with Crippen molar-refractivity contribution >= 4 is 11.4 Å². The first-order chi connectivity index (χ1) is 7.58.